The lowest BCUT2D eigenvalue weighted by Crippen LogP contribution is -2.44. The number of hydrogen-bond acceptors (Lipinski definition) is 8. The van der Waals surface area contributed by atoms with Crippen molar-refractivity contribution in [1.82, 2.24) is 9.97 Å². The lowest BCUT2D eigenvalue weighted by Gasteiger charge is -2.38. The molecule has 4 rings (SSSR count). The first-order valence-electron chi connectivity index (χ1n) is 13.5. The van der Waals surface area contributed by atoms with Crippen LogP contribution in [0.4, 0.5) is 11.4 Å². The van der Waals surface area contributed by atoms with Crippen LogP contribution in [0.1, 0.15) is 46.5 Å². The highest BCUT2D eigenvalue weighted by molar-refractivity contribution is 6.33. The van der Waals surface area contributed by atoms with Crippen molar-refractivity contribution in [3.8, 4) is 11.8 Å². The Morgan fingerprint density at radius 3 is 2.61 bits per heavy atom. The van der Waals surface area contributed by atoms with Crippen LogP contribution >= 0.6 is 11.6 Å². The highest BCUT2D eigenvalue weighted by atomic mass is 35.5. The van der Waals surface area contributed by atoms with E-state index in [2.05, 4.69) is 40.5 Å². The van der Waals surface area contributed by atoms with E-state index in [0.29, 0.717) is 29.9 Å². The van der Waals surface area contributed by atoms with Crippen molar-refractivity contribution >= 4 is 28.9 Å². The van der Waals surface area contributed by atoms with Gasteiger partial charge in [0.2, 0.25) is 11.8 Å². The zero-order valence-electron chi connectivity index (χ0n) is 22.7. The molecule has 0 spiro atoms. The normalized spacial score (nSPS) is 25.4. The standard InChI is InChI=1S/C28H39ClN4O5/c1-5-6-11-37-25-17-33(22(19(25)3)13-28(34)35)20-7-8-26(30-14-20)38-24-9-10-32(16-18(24)2)23-12-27(36-4)31-15-21(23)29/h7-8,12,14-15,18-19,22,24-25H,5-6,9-11,13,16-17H2,1-4H3,(H,34,35)/t18?,19-,22-,24?,25-/m0/s1. The second kappa shape index (κ2) is 12.8. The molecule has 2 saturated heterocycles. The number of hydrogen-bond donors (Lipinski definition) is 1. The number of carbonyl (C=O) groups is 1. The molecule has 2 fully saturated rings. The van der Waals surface area contributed by atoms with Crippen molar-refractivity contribution in [2.75, 3.05) is 43.2 Å². The van der Waals surface area contributed by atoms with Gasteiger partial charge in [0, 0.05) is 62.7 Å². The van der Waals surface area contributed by atoms with Crippen LogP contribution in [0.25, 0.3) is 0 Å². The molecular formula is C28H39ClN4O5. The van der Waals surface area contributed by atoms with E-state index < -0.39 is 5.97 Å². The quantitative estimate of drug-likeness (QED) is 0.394. The van der Waals surface area contributed by atoms with Crippen molar-refractivity contribution in [3.63, 3.8) is 0 Å². The SMILES string of the molecule is CCCCO[C@H]1CN(c2ccc(OC3CCN(c4cc(OC)ncc4Cl)CC3C)nc2)[C@@H](CC(=O)O)[C@@H]1C. The molecule has 4 heterocycles. The van der Waals surface area contributed by atoms with E-state index >= 15 is 0 Å². The Labute approximate surface area is 230 Å². The second-order valence-corrected chi connectivity index (χ2v) is 10.7. The second-order valence-electron chi connectivity index (χ2n) is 10.3. The topological polar surface area (TPSA) is 97.3 Å². The molecule has 10 heteroatoms. The van der Waals surface area contributed by atoms with Gasteiger partial charge < -0.3 is 29.1 Å². The summed E-state index contributed by atoms with van der Waals surface area (Å²) in [5.74, 6) is 0.664. The zero-order valence-corrected chi connectivity index (χ0v) is 23.4. The van der Waals surface area contributed by atoms with Gasteiger partial charge in [0.05, 0.1) is 48.4 Å². The number of anilines is 2. The molecule has 5 atom stereocenters. The molecule has 0 aromatic carbocycles. The van der Waals surface area contributed by atoms with Crippen LogP contribution in [-0.2, 0) is 9.53 Å². The minimum absolute atomic E-state index is 0.00160. The maximum Gasteiger partial charge on any atom is 0.305 e. The Morgan fingerprint density at radius 2 is 1.95 bits per heavy atom. The van der Waals surface area contributed by atoms with E-state index in [1.165, 1.54) is 0 Å². The van der Waals surface area contributed by atoms with Gasteiger partial charge in [0.15, 0.2) is 0 Å². The number of pyridine rings is 2. The van der Waals surface area contributed by atoms with Crippen molar-refractivity contribution in [1.29, 1.82) is 0 Å². The lowest BCUT2D eigenvalue weighted by atomic mass is 9.96. The van der Waals surface area contributed by atoms with Crippen molar-refractivity contribution < 1.29 is 24.1 Å². The van der Waals surface area contributed by atoms with Crippen LogP contribution in [0.5, 0.6) is 11.8 Å². The summed E-state index contributed by atoms with van der Waals surface area (Å²) >= 11 is 6.41. The highest BCUT2D eigenvalue weighted by Crippen LogP contribution is 2.35. The minimum atomic E-state index is -0.805. The Balaban J connectivity index is 1.39. The summed E-state index contributed by atoms with van der Waals surface area (Å²) in [4.78, 5) is 24.7. The molecule has 9 nitrogen and oxygen atoms in total. The molecular weight excluding hydrogens is 508 g/mol. The van der Waals surface area contributed by atoms with Crippen molar-refractivity contribution in [2.45, 2.75) is 64.7 Å². The summed E-state index contributed by atoms with van der Waals surface area (Å²) in [7, 11) is 1.59. The summed E-state index contributed by atoms with van der Waals surface area (Å²) < 4.78 is 17.7. The first kappa shape index (κ1) is 28.2. The number of ether oxygens (including phenoxy) is 3. The van der Waals surface area contributed by atoms with Gasteiger partial charge in [-0.1, -0.05) is 38.8 Å². The average molecular weight is 547 g/mol. The third-order valence-corrected chi connectivity index (χ3v) is 7.99. The number of carboxylic acid groups (broad SMARTS) is 1. The zero-order chi connectivity index (χ0) is 27.2. The molecule has 208 valence electrons. The van der Waals surface area contributed by atoms with Gasteiger partial charge in [0.1, 0.15) is 6.10 Å². The summed E-state index contributed by atoms with van der Waals surface area (Å²) in [6.45, 7) is 9.31. The average Bonchev–Trinajstić information content (AvgIpc) is 3.20. The number of piperidine rings is 1. The number of aliphatic carboxylic acids is 1. The first-order valence-corrected chi connectivity index (χ1v) is 13.9. The Kier molecular flexibility index (Phi) is 9.54. The van der Waals surface area contributed by atoms with Gasteiger partial charge in [-0.2, -0.15) is 0 Å². The van der Waals surface area contributed by atoms with Crippen LogP contribution in [0, 0.1) is 11.8 Å². The number of nitrogens with zero attached hydrogens (tertiary/aromatic N) is 4. The van der Waals surface area contributed by atoms with E-state index in [9.17, 15) is 9.90 Å². The summed E-state index contributed by atoms with van der Waals surface area (Å²) in [6.07, 6.45) is 6.39. The fourth-order valence-electron chi connectivity index (χ4n) is 5.43. The van der Waals surface area contributed by atoms with Gasteiger partial charge >= 0.3 is 5.97 Å². The molecule has 0 radical (unpaired) electrons. The van der Waals surface area contributed by atoms with E-state index in [4.69, 9.17) is 25.8 Å². The van der Waals surface area contributed by atoms with Gasteiger partial charge in [0.25, 0.3) is 0 Å². The minimum Gasteiger partial charge on any atom is -0.481 e. The predicted octanol–water partition coefficient (Wildman–Crippen LogP) is 4.92. The number of unbranched alkanes of at least 4 members (excludes halogenated alkanes) is 1. The molecule has 1 N–H and O–H groups in total. The van der Waals surface area contributed by atoms with Crippen LogP contribution < -0.4 is 19.3 Å². The fraction of sp³-hybridized carbons (Fsp3) is 0.607. The monoisotopic (exact) mass is 546 g/mol. The van der Waals surface area contributed by atoms with Gasteiger partial charge in [-0.3, -0.25) is 4.79 Å². The number of methoxy groups -OCH3 is 1. The molecule has 0 aliphatic carbocycles. The van der Waals surface area contributed by atoms with Crippen LogP contribution in [0.3, 0.4) is 0 Å². The molecule has 2 aliphatic heterocycles. The maximum atomic E-state index is 11.6. The molecule has 38 heavy (non-hydrogen) atoms. The third kappa shape index (κ3) is 6.61. The number of halogens is 1. The van der Waals surface area contributed by atoms with Gasteiger partial charge in [-0.05, 0) is 12.5 Å². The molecule has 2 aliphatic rings. The van der Waals surface area contributed by atoms with E-state index in [0.717, 1.165) is 43.7 Å². The van der Waals surface area contributed by atoms with E-state index in [1.54, 1.807) is 19.5 Å². The van der Waals surface area contributed by atoms with Crippen LogP contribution in [0.2, 0.25) is 5.02 Å². The number of rotatable bonds is 11. The van der Waals surface area contributed by atoms with E-state index in [1.807, 2.05) is 18.2 Å². The summed E-state index contributed by atoms with van der Waals surface area (Å²) in [6, 6.07) is 5.58. The smallest absolute Gasteiger partial charge is 0.305 e. The van der Waals surface area contributed by atoms with Crippen molar-refractivity contribution in [3.05, 3.63) is 35.6 Å². The Hall–Kier alpha value is -2.78. The third-order valence-electron chi connectivity index (χ3n) is 7.69. The molecule has 2 aromatic rings. The maximum absolute atomic E-state index is 11.6. The van der Waals surface area contributed by atoms with Crippen LogP contribution in [-0.4, -0.2) is 72.6 Å². The molecule has 0 saturated carbocycles. The predicted molar refractivity (Wildman–Crippen MR) is 148 cm³/mol. The summed E-state index contributed by atoms with van der Waals surface area (Å²) in [5, 5.41) is 10.1. The summed E-state index contributed by atoms with van der Waals surface area (Å²) in [5.41, 5.74) is 1.81. The Morgan fingerprint density at radius 1 is 1.16 bits per heavy atom. The highest BCUT2D eigenvalue weighted by Gasteiger charge is 2.41. The lowest BCUT2D eigenvalue weighted by molar-refractivity contribution is -0.137. The molecule has 2 aromatic heterocycles. The Bertz CT molecular complexity index is 1070. The van der Waals surface area contributed by atoms with Gasteiger partial charge in [-0.25, -0.2) is 9.97 Å². The molecule has 2 unspecified atom stereocenters. The number of aromatic nitrogens is 2. The van der Waals surface area contributed by atoms with Crippen molar-refractivity contribution in [2.24, 2.45) is 11.8 Å². The first-order chi connectivity index (χ1) is 18.3. The van der Waals surface area contributed by atoms with Crippen LogP contribution in [0.15, 0.2) is 30.6 Å². The largest absolute Gasteiger partial charge is 0.481 e. The van der Waals surface area contributed by atoms with Gasteiger partial charge in [-0.15, -0.1) is 0 Å². The molecule has 0 amide bonds. The fourth-order valence-corrected chi connectivity index (χ4v) is 5.65. The molecule has 0 bridgehead atoms. The van der Waals surface area contributed by atoms with E-state index in [-0.39, 0.29) is 36.5 Å². The number of carboxylic acids is 1.